The van der Waals surface area contributed by atoms with Crippen LogP contribution in [0.5, 0.6) is 0 Å². The summed E-state index contributed by atoms with van der Waals surface area (Å²) in [5.74, 6) is -0.327. The molecule has 0 atom stereocenters. The molecule has 0 spiro atoms. The van der Waals surface area contributed by atoms with Gasteiger partial charge in [-0.1, -0.05) is 12.1 Å². The number of carbonyl (C=O) groups is 1. The van der Waals surface area contributed by atoms with Gasteiger partial charge in [-0.25, -0.2) is 4.79 Å². The van der Waals surface area contributed by atoms with Gasteiger partial charge >= 0.3 is 5.97 Å². The van der Waals surface area contributed by atoms with Crippen molar-refractivity contribution in [3.05, 3.63) is 51.4 Å². The Morgan fingerprint density at radius 1 is 1.39 bits per heavy atom. The van der Waals surface area contributed by atoms with Gasteiger partial charge in [0.2, 0.25) is 0 Å². The summed E-state index contributed by atoms with van der Waals surface area (Å²) in [4.78, 5) is 11.5. The summed E-state index contributed by atoms with van der Waals surface area (Å²) in [7, 11) is 0. The molecule has 0 saturated carbocycles. The SMILES string of the molecule is CCOC(=O)c1cnn(Cc2ccc(I)cc2)c1. The van der Waals surface area contributed by atoms with Crippen LogP contribution in [-0.2, 0) is 11.3 Å². The zero-order chi connectivity index (χ0) is 13.0. The van der Waals surface area contributed by atoms with Crippen molar-refractivity contribution in [2.75, 3.05) is 6.61 Å². The van der Waals surface area contributed by atoms with Crippen LogP contribution in [0.3, 0.4) is 0 Å². The fraction of sp³-hybridized carbons (Fsp3) is 0.231. The number of benzene rings is 1. The monoisotopic (exact) mass is 356 g/mol. The Balaban J connectivity index is 2.06. The van der Waals surface area contributed by atoms with Gasteiger partial charge in [0.15, 0.2) is 0 Å². The molecule has 0 aliphatic heterocycles. The van der Waals surface area contributed by atoms with Gasteiger partial charge < -0.3 is 4.74 Å². The number of hydrogen-bond donors (Lipinski definition) is 0. The third-order valence-corrected chi connectivity index (χ3v) is 3.12. The molecule has 0 bridgehead atoms. The number of hydrogen-bond acceptors (Lipinski definition) is 3. The third-order valence-electron chi connectivity index (χ3n) is 2.40. The van der Waals surface area contributed by atoms with Crippen LogP contribution in [0.15, 0.2) is 36.7 Å². The molecule has 0 aliphatic carbocycles. The lowest BCUT2D eigenvalue weighted by atomic mass is 10.2. The molecule has 1 heterocycles. The van der Waals surface area contributed by atoms with Crippen LogP contribution < -0.4 is 0 Å². The Labute approximate surface area is 119 Å². The van der Waals surface area contributed by atoms with Gasteiger partial charge in [0.05, 0.1) is 24.9 Å². The van der Waals surface area contributed by atoms with Crippen LogP contribution in [0.2, 0.25) is 0 Å². The summed E-state index contributed by atoms with van der Waals surface area (Å²) >= 11 is 2.27. The summed E-state index contributed by atoms with van der Waals surface area (Å²) in [5.41, 5.74) is 1.64. The highest BCUT2D eigenvalue weighted by molar-refractivity contribution is 14.1. The molecule has 1 aromatic carbocycles. The Bertz CT molecular complexity index is 534. The first-order valence-electron chi connectivity index (χ1n) is 5.63. The first-order chi connectivity index (χ1) is 8.69. The van der Waals surface area contributed by atoms with E-state index < -0.39 is 0 Å². The van der Waals surface area contributed by atoms with Crippen LogP contribution in [-0.4, -0.2) is 22.4 Å². The molecule has 0 radical (unpaired) electrons. The van der Waals surface area contributed by atoms with Crippen molar-refractivity contribution < 1.29 is 9.53 Å². The number of carbonyl (C=O) groups excluding carboxylic acids is 1. The molecular weight excluding hydrogens is 343 g/mol. The van der Waals surface area contributed by atoms with E-state index in [1.54, 1.807) is 17.8 Å². The van der Waals surface area contributed by atoms with Crippen molar-refractivity contribution in [1.29, 1.82) is 0 Å². The van der Waals surface area contributed by atoms with E-state index in [1.807, 2.05) is 24.3 Å². The van der Waals surface area contributed by atoms with Gasteiger partial charge in [-0.05, 0) is 47.2 Å². The summed E-state index contributed by atoms with van der Waals surface area (Å²) in [6.07, 6.45) is 3.24. The van der Waals surface area contributed by atoms with E-state index in [0.717, 1.165) is 5.56 Å². The van der Waals surface area contributed by atoms with E-state index in [1.165, 1.54) is 9.77 Å². The molecule has 18 heavy (non-hydrogen) atoms. The molecule has 4 nitrogen and oxygen atoms in total. The summed E-state index contributed by atoms with van der Waals surface area (Å²) in [5, 5.41) is 4.15. The minimum atomic E-state index is -0.327. The largest absolute Gasteiger partial charge is 0.462 e. The quantitative estimate of drug-likeness (QED) is 0.625. The van der Waals surface area contributed by atoms with Crippen molar-refractivity contribution in [2.45, 2.75) is 13.5 Å². The molecule has 94 valence electrons. The molecule has 2 aromatic rings. The molecule has 2 rings (SSSR count). The van der Waals surface area contributed by atoms with Gasteiger partial charge in [-0.3, -0.25) is 4.68 Å². The Hall–Kier alpha value is -1.37. The van der Waals surface area contributed by atoms with Crippen LogP contribution >= 0.6 is 22.6 Å². The average Bonchev–Trinajstić information content (AvgIpc) is 2.81. The molecule has 0 unspecified atom stereocenters. The van der Waals surface area contributed by atoms with Crippen LogP contribution in [0.4, 0.5) is 0 Å². The fourth-order valence-corrected chi connectivity index (χ4v) is 1.91. The minimum Gasteiger partial charge on any atom is -0.462 e. The Kier molecular flexibility index (Phi) is 4.35. The molecule has 0 N–H and O–H groups in total. The number of esters is 1. The predicted octanol–water partition coefficient (Wildman–Crippen LogP) is 2.71. The second-order valence-corrected chi connectivity index (χ2v) is 5.02. The molecule has 0 amide bonds. The number of aromatic nitrogens is 2. The zero-order valence-electron chi connectivity index (χ0n) is 9.97. The van der Waals surface area contributed by atoms with E-state index >= 15 is 0 Å². The van der Waals surface area contributed by atoms with E-state index in [9.17, 15) is 4.79 Å². The van der Waals surface area contributed by atoms with Gasteiger partial charge in [0.1, 0.15) is 0 Å². The highest BCUT2D eigenvalue weighted by atomic mass is 127. The molecule has 0 saturated heterocycles. The number of halogens is 1. The fourth-order valence-electron chi connectivity index (χ4n) is 1.55. The normalized spacial score (nSPS) is 10.3. The number of nitrogens with zero attached hydrogens (tertiary/aromatic N) is 2. The van der Waals surface area contributed by atoms with Gasteiger partial charge in [0.25, 0.3) is 0 Å². The maximum absolute atomic E-state index is 11.5. The standard InChI is InChI=1S/C13H13IN2O2/c1-2-18-13(17)11-7-15-16(9-11)8-10-3-5-12(14)6-4-10/h3-7,9H,2,8H2,1H3. The van der Waals surface area contributed by atoms with E-state index in [4.69, 9.17) is 4.74 Å². The molecular formula is C13H13IN2O2. The van der Waals surface area contributed by atoms with E-state index in [0.29, 0.717) is 18.7 Å². The average molecular weight is 356 g/mol. The summed E-state index contributed by atoms with van der Waals surface area (Å²) in [6.45, 7) is 2.81. The first kappa shape index (κ1) is 13.1. The van der Waals surface area contributed by atoms with Gasteiger partial charge in [0, 0.05) is 9.77 Å². The smallest absolute Gasteiger partial charge is 0.341 e. The topological polar surface area (TPSA) is 44.1 Å². The lowest BCUT2D eigenvalue weighted by Crippen LogP contribution is -2.04. The van der Waals surface area contributed by atoms with Crippen molar-refractivity contribution in [1.82, 2.24) is 9.78 Å². The lowest BCUT2D eigenvalue weighted by Gasteiger charge is -2.01. The number of rotatable bonds is 4. The second kappa shape index (κ2) is 5.99. The summed E-state index contributed by atoms with van der Waals surface area (Å²) < 4.78 is 7.84. The van der Waals surface area contributed by atoms with Gasteiger partial charge in [-0.15, -0.1) is 0 Å². The second-order valence-electron chi connectivity index (χ2n) is 3.77. The highest BCUT2D eigenvalue weighted by Gasteiger charge is 2.09. The highest BCUT2D eigenvalue weighted by Crippen LogP contribution is 2.09. The molecule has 0 fully saturated rings. The Morgan fingerprint density at radius 3 is 2.78 bits per heavy atom. The van der Waals surface area contributed by atoms with Crippen LogP contribution in [0.25, 0.3) is 0 Å². The third kappa shape index (κ3) is 3.32. The number of ether oxygens (including phenoxy) is 1. The summed E-state index contributed by atoms with van der Waals surface area (Å²) in [6, 6.07) is 8.19. The van der Waals surface area contributed by atoms with Crippen molar-refractivity contribution >= 4 is 28.6 Å². The van der Waals surface area contributed by atoms with Crippen molar-refractivity contribution in [3.8, 4) is 0 Å². The van der Waals surface area contributed by atoms with E-state index in [-0.39, 0.29) is 5.97 Å². The maximum atomic E-state index is 11.5. The van der Waals surface area contributed by atoms with Crippen LogP contribution in [0.1, 0.15) is 22.8 Å². The maximum Gasteiger partial charge on any atom is 0.341 e. The predicted molar refractivity (Wildman–Crippen MR) is 76.4 cm³/mol. The zero-order valence-corrected chi connectivity index (χ0v) is 12.1. The first-order valence-corrected chi connectivity index (χ1v) is 6.71. The molecule has 1 aromatic heterocycles. The van der Waals surface area contributed by atoms with Crippen molar-refractivity contribution in [3.63, 3.8) is 0 Å². The van der Waals surface area contributed by atoms with E-state index in [2.05, 4.69) is 27.7 Å². The van der Waals surface area contributed by atoms with Crippen LogP contribution in [0, 0.1) is 3.57 Å². The molecule has 5 heteroatoms. The van der Waals surface area contributed by atoms with Crippen molar-refractivity contribution in [2.24, 2.45) is 0 Å². The molecule has 0 aliphatic rings. The van der Waals surface area contributed by atoms with Gasteiger partial charge in [-0.2, -0.15) is 5.10 Å². The lowest BCUT2D eigenvalue weighted by molar-refractivity contribution is 0.0526. The Morgan fingerprint density at radius 2 is 2.11 bits per heavy atom. The minimum absolute atomic E-state index is 0.327.